The Kier molecular flexibility index (Phi) is 7.04. The van der Waals surface area contributed by atoms with E-state index in [0.717, 1.165) is 42.8 Å². The lowest BCUT2D eigenvalue weighted by atomic mass is 9.94. The number of nitrogens with zero attached hydrogens (tertiary/aromatic N) is 2. The summed E-state index contributed by atoms with van der Waals surface area (Å²) in [6.07, 6.45) is 3.30. The van der Waals surface area contributed by atoms with Gasteiger partial charge in [0, 0.05) is 5.69 Å². The fourth-order valence-corrected chi connectivity index (χ4v) is 4.75. The van der Waals surface area contributed by atoms with Crippen LogP contribution in [0.15, 0.2) is 59.4 Å². The molecule has 0 aliphatic carbocycles. The number of aryl methyl sites for hydroxylation is 1. The normalized spacial score (nSPS) is 15.2. The highest BCUT2D eigenvalue weighted by atomic mass is 16.5. The molecule has 2 aromatic carbocycles. The van der Waals surface area contributed by atoms with Gasteiger partial charge in [-0.25, -0.2) is 0 Å². The molecular formula is C27H32N2O4. The molecule has 33 heavy (non-hydrogen) atoms. The third-order valence-corrected chi connectivity index (χ3v) is 6.46. The van der Waals surface area contributed by atoms with Crippen molar-refractivity contribution >= 4 is 0 Å². The van der Waals surface area contributed by atoms with E-state index >= 15 is 0 Å². The molecule has 0 radical (unpaired) electrons. The zero-order valence-corrected chi connectivity index (χ0v) is 19.6. The largest absolute Gasteiger partial charge is 0.507 e. The second-order valence-electron chi connectivity index (χ2n) is 8.58. The fourth-order valence-electron chi connectivity index (χ4n) is 4.75. The Bertz CT molecular complexity index is 1150. The van der Waals surface area contributed by atoms with Crippen LogP contribution in [-0.4, -0.2) is 41.9 Å². The van der Waals surface area contributed by atoms with E-state index in [4.69, 9.17) is 9.47 Å². The number of likely N-dealkylation sites (tertiary alicyclic amines) is 1. The first-order valence-corrected chi connectivity index (χ1v) is 11.5. The summed E-state index contributed by atoms with van der Waals surface area (Å²) in [7, 11) is 3.21. The Balaban J connectivity index is 1.87. The van der Waals surface area contributed by atoms with E-state index in [-0.39, 0.29) is 17.4 Å². The SMILES string of the molecule is COc1ccc([C@H](c2c(O)cc(C)n(Cc3ccccc3)c2=O)N2CCCCC2)cc1OC. The molecule has 0 spiro atoms. The van der Waals surface area contributed by atoms with Crippen LogP contribution in [0.5, 0.6) is 17.2 Å². The van der Waals surface area contributed by atoms with Crippen molar-refractivity contribution in [3.05, 3.63) is 87.3 Å². The molecule has 1 saturated heterocycles. The molecule has 1 aliphatic rings. The van der Waals surface area contributed by atoms with Gasteiger partial charge in [0.1, 0.15) is 5.75 Å². The first-order valence-electron chi connectivity index (χ1n) is 11.5. The Morgan fingerprint density at radius 3 is 2.30 bits per heavy atom. The molecule has 1 atom stereocenters. The quantitative estimate of drug-likeness (QED) is 0.577. The Morgan fingerprint density at radius 2 is 1.64 bits per heavy atom. The van der Waals surface area contributed by atoms with Gasteiger partial charge in [0.2, 0.25) is 0 Å². The molecule has 0 bridgehead atoms. The molecule has 1 aliphatic heterocycles. The first-order chi connectivity index (χ1) is 16.0. The van der Waals surface area contributed by atoms with E-state index in [1.807, 2.05) is 55.5 Å². The predicted molar refractivity (Wildman–Crippen MR) is 129 cm³/mol. The molecule has 1 aromatic heterocycles. The number of benzene rings is 2. The number of hydrogen-bond acceptors (Lipinski definition) is 5. The molecule has 2 heterocycles. The molecule has 1 fully saturated rings. The molecule has 6 nitrogen and oxygen atoms in total. The maximum atomic E-state index is 13.9. The molecule has 0 saturated carbocycles. The van der Waals surface area contributed by atoms with Crippen molar-refractivity contribution < 1.29 is 14.6 Å². The number of ether oxygens (including phenoxy) is 2. The summed E-state index contributed by atoms with van der Waals surface area (Å²) in [5.74, 6) is 1.27. The van der Waals surface area contributed by atoms with Crippen LogP contribution in [0.25, 0.3) is 0 Å². The summed E-state index contributed by atoms with van der Waals surface area (Å²) < 4.78 is 12.7. The van der Waals surface area contributed by atoms with Gasteiger partial charge >= 0.3 is 0 Å². The van der Waals surface area contributed by atoms with E-state index in [9.17, 15) is 9.90 Å². The monoisotopic (exact) mass is 448 g/mol. The van der Waals surface area contributed by atoms with Crippen molar-refractivity contribution in [2.45, 2.75) is 38.8 Å². The molecular weight excluding hydrogens is 416 g/mol. The number of methoxy groups -OCH3 is 2. The zero-order valence-electron chi connectivity index (χ0n) is 19.6. The van der Waals surface area contributed by atoms with E-state index in [0.29, 0.717) is 23.6 Å². The Hall–Kier alpha value is -3.25. The van der Waals surface area contributed by atoms with Crippen molar-refractivity contribution in [3.63, 3.8) is 0 Å². The van der Waals surface area contributed by atoms with Crippen LogP contribution in [0.2, 0.25) is 0 Å². The van der Waals surface area contributed by atoms with Gasteiger partial charge < -0.3 is 19.1 Å². The van der Waals surface area contributed by atoms with Crippen LogP contribution in [0.1, 0.15) is 47.7 Å². The van der Waals surface area contributed by atoms with Gasteiger partial charge in [0.05, 0.1) is 32.4 Å². The highest BCUT2D eigenvalue weighted by Crippen LogP contribution is 2.38. The maximum Gasteiger partial charge on any atom is 0.259 e. The van der Waals surface area contributed by atoms with Crippen molar-refractivity contribution in [2.75, 3.05) is 27.3 Å². The predicted octanol–water partition coefficient (Wildman–Crippen LogP) is 4.50. The van der Waals surface area contributed by atoms with Crippen LogP contribution >= 0.6 is 0 Å². The lowest BCUT2D eigenvalue weighted by Crippen LogP contribution is -2.38. The minimum atomic E-state index is -0.375. The highest BCUT2D eigenvalue weighted by molar-refractivity contribution is 5.48. The van der Waals surface area contributed by atoms with Crippen LogP contribution in [0.4, 0.5) is 0 Å². The fraction of sp³-hybridized carbons (Fsp3) is 0.370. The molecule has 4 rings (SSSR count). The molecule has 1 N–H and O–H groups in total. The van der Waals surface area contributed by atoms with Crippen LogP contribution in [0, 0.1) is 6.92 Å². The Labute approximate surface area is 195 Å². The van der Waals surface area contributed by atoms with Crippen LogP contribution < -0.4 is 15.0 Å². The number of aromatic nitrogens is 1. The first kappa shape index (κ1) is 22.9. The summed E-state index contributed by atoms with van der Waals surface area (Å²) in [5.41, 5.74) is 2.92. The molecule has 0 unspecified atom stereocenters. The number of piperidine rings is 1. The standard InChI is InChI=1S/C27H32N2O4/c1-19-16-22(30)25(27(31)29(19)18-20-10-6-4-7-11-20)26(28-14-8-5-9-15-28)21-12-13-23(32-2)24(17-21)33-3/h4,6-7,10-13,16-17,26,30H,5,8-9,14-15,18H2,1-3H3/t26-/m1/s1. The average molecular weight is 449 g/mol. The second-order valence-corrected chi connectivity index (χ2v) is 8.58. The lowest BCUT2D eigenvalue weighted by molar-refractivity contribution is 0.183. The summed E-state index contributed by atoms with van der Waals surface area (Å²) in [6, 6.07) is 17.0. The van der Waals surface area contributed by atoms with Gasteiger partial charge in [-0.15, -0.1) is 0 Å². The minimum absolute atomic E-state index is 0.0344. The summed E-state index contributed by atoms with van der Waals surface area (Å²) in [4.78, 5) is 16.2. The van der Waals surface area contributed by atoms with Gasteiger partial charge in [0.15, 0.2) is 11.5 Å². The zero-order chi connectivity index (χ0) is 23.4. The van der Waals surface area contributed by atoms with Crippen LogP contribution in [0.3, 0.4) is 0 Å². The third kappa shape index (κ3) is 4.76. The van der Waals surface area contributed by atoms with Crippen molar-refractivity contribution in [3.8, 4) is 17.2 Å². The van der Waals surface area contributed by atoms with E-state index in [1.54, 1.807) is 24.9 Å². The van der Waals surface area contributed by atoms with Gasteiger partial charge in [-0.1, -0.05) is 42.8 Å². The van der Waals surface area contributed by atoms with Crippen LogP contribution in [-0.2, 0) is 6.54 Å². The third-order valence-electron chi connectivity index (χ3n) is 6.46. The number of aromatic hydroxyl groups is 1. The highest BCUT2D eigenvalue weighted by Gasteiger charge is 2.30. The van der Waals surface area contributed by atoms with Gasteiger partial charge in [-0.3, -0.25) is 9.69 Å². The van der Waals surface area contributed by atoms with Gasteiger partial charge in [-0.05, 0) is 62.2 Å². The van der Waals surface area contributed by atoms with E-state index < -0.39 is 0 Å². The van der Waals surface area contributed by atoms with Crippen molar-refractivity contribution in [1.29, 1.82) is 0 Å². The molecule has 6 heteroatoms. The average Bonchev–Trinajstić information content (AvgIpc) is 2.85. The molecule has 0 amide bonds. The van der Waals surface area contributed by atoms with Gasteiger partial charge in [-0.2, -0.15) is 0 Å². The smallest absolute Gasteiger partial charge is 0.259 e. The second kappa shape index (κ2) is 10.1. The summed E-state index contributed by atoms with van der Waals surface area (Å²) in [6.45, 7) is 4.05. The Morgan fingerprint density at radius 1 is 0.939 bits per heavy atom. The maximum absolute atomic E-state index is 13.9. The van der Waals surface area contributed by atoms with E-state index in [1.165, 1.54) is 6.42 Å². The lowest BCUT2D eigenvalue weighted by Gasteiger charge is -2.35. The number of pyridine rings is 1. The summed E-state index contributed by atoms with van der Waals surface area (Å²) in [5, 5.41) is 11.1. The molecule has 3 aromatic rings. The van der Waals surface area contributed by atoms with Crippen molar-refractivity contribution in [2.24, 2.45) is 0 Å². The van der Waals surface area contributed by atoms with Crippen molar-refractivity contribution in [1.82, 2.24) is 9.47 Å². The number of hydrogen-bond donors (Lipinski definition) is 1. The number of rotatable bonds is 7. The minimum Gasteiger partial charge on any atom is -0.507 e. The topological polar surface area (TPSA) is 63.9 Å². The van der Waals surface area contributed by atoms with Gasteiger partial charge in [0.25, 0.3) is 5.56 Å². The summed E-state index contributed by atoms with van der Waals surface area (Å²) >= 11 is 0. The molecule has 174 valence electrons. The van der Waals surface area contributed by atoms with E-state index in [2.05, 4.69) is 4.90 Å².